The zero-order valence-corrected chi connectivity index (χ0v) is 15.9. The summed E-state index contributed by atoms with van der Waals surface area (Å²) in [5.74, 6) is -1.97. The Hall–Kier alpha value is -2.93. The van der Waals surface area contributed by atoms with E-state index in [4.69, 9.17) is 11.6 Å². The van der Waals surface area contributed by atoms with Gasteiger partial charge < -0.3 is 15.1 Å². The number of carbonyl (C=O) groups excluding carboxylic acids is 3. The molecule has 3 amide bonds. The number of anilines is 2. The van der Waals surface area contributed by atoms with Crippen molar-refractivity contribution < 1.29 is 18.8 Å². The second kappa shape index (κ2) is 8.39. The molecular weight excluding hydrogens is 385 g/mol. The molecule has 1 aliphatic heterocycles. The fraction of sp³-hybridized carbons (Fsp3) is 0.250. The average molecular weight is 404 g/mol. The van der Waals surface area contributed by atoms with Crippen LogP contribution in [0.2, 0.25) is 5.02 Å². The molecule has 0 saturated carbocycles. The van der Waals surface area contributed by atoms with Crippen molar-refractivity contribution in [1.29, 1.82) is 0 Å². The minimum Gasteiger partial charge on any atom is -0.336 e. The number of para-hydroxylation sites is 1. The van der Waals surface area contributed by atoms with Crippen molar-refractivity contribution in [2.45, 2.75) is 6.42 Å². The molecule has 0 aromatic heterocycles. The molecule has 1 fully saturated rings. The summed E-state index contributed by atoms with van der Waals surface area (Å²) in [6.45, 7) is 0.00336. The third kappa shape index (κ3) is 4.48. The van der Waals surface area contributed by atoms with Crippen LogP contribution >= 0.6 is 11.6 Å². The molecule has 1 atom stereocenters. The topological polar surface area (TPSA) is 69.7 Å². The number of rotatable bonds is 5. The maximum Gasteiger partial charge on any atom is 0.243 e. The van der Waals surface area contributed by atoms with Crippen molar-refractivity contribution in [2.75, 3.05) is 30.4 Å². The van der Waals surface area contributed by atoms with Gasteiger partial charge in [0, 0.05) is 25.7 Å². The van der Waals surface area contributed by atoms with Gasteiger partial charge in [0.05, 0.1) is 23.2 Å². The second-order valence-corrected chi connectivity index (χ2v) is 7.02. The van der Waals surface area contributed by atoms with E-state index in [0.717, 1.165) is 0 Å². The highest BCUT2D eigenvalue weighted by Gasteiger charge is 2.37. The van der Waals surface area contributed by atoms with Crippen LogP contribution in [0, 0.1) is 11.7 Å². The molecule has 0 aliphatic carbocycles. The standard InChI is InChI=1S/C20H19ClFN3O3/c1-24(12-18(26)23-15-6-4-5-14(22)10-15)20(28)13-9-19(27)25(11-13)17-8-3-2-7-16(17)21/h2-8,10,13H,9,11-12H2,1H3,(H,23,26). The highest BCUT2D eigenvalue weighted by Crippen LogP contribution is 2.31. The van der Waals surface area contributed by atoms with Gasteiger partial charge in [0.1, 0.15) is 5.82 Å². The largest absolute Gasteiger partial charge is 0.336 e. The van der Waals surface area contributed by atoms with Crippen molar-refractivity contribution in [3.63, 3.8) is 0 Å². The molecule has 0 spiro atoms. The Morgan fingerprint density at radius 3 is 2.71 bits per heavy atom. The smallest absolute Gasteiger partial charge is 0.243 e. The summed E-state index contributed by atoms with van der Waals surface area (Å²) in [5.41, 5.74) is 0.878. The molecule has 2 aromatic carbocycles. The summed E-state index contributed by atoms with van der Waals surface area (Å²) in [5, 5.41) is 2.98. The fourth-order valence-corrected chi connectivity index (χ4v) is 3.39. The lowest BCUT2D eigenvalue weighted by Gasteiger charge is -2.21. The van der Waals surface area contributed by atoms with Gasteiger partial charge in [0.15, 0.2) is 0 Å². The predicted molar refractivity (Wildman–Crippen MR) is 105 cm³/mol. The van der Waals surface area contributed by atoms with Gasteiger partial charge in [0.25, 0.3) is 0 Å². The Labute approximate surface area is 166 Å². The highest BCUT2D eigenvalue weighted by atomic mass is 35.5. The number of hydrogen-bond acceptors (Lipinski definition) is 3. The SMILES string of the molecule is CN(CC(=O)Nc1cccc(F)c1)C(=O)C1CC(=O)N(c2ccccc2Cl)C1. The van der Waals surface area contributed by atoms with E-state index in [1.54, 1.807) is 30.3 Å². The number of halogens is 2. The summed E-state index contributed by atoms with van der Waals surface area (Å²) in [6.07, 6.45) is 0.0555. The van der Waals surface area contributed by atoms with Crippen LogP contribution in [-0.2, 0) is 14.4 Å². The van der Waals surface area contributed by atoms with Gasteiger partial charge in [0.2, 0.25) is 17.7 Å². The number of carbonyl (C=O) groups is 3. The first-order chi connectivity index (χ1) is 13.3. The molecule has 1 aliphatic rings. The molecule has 2 aromatic rings. The Morgan fingerprint density at radius 1 is 1.25 bits per heavy atom. The van der Waals surface area contributed by atoms with E-state index in [9.17, 15) is 18.8 Å². The first-order valence-corrected chi connectivity index (χ1v) is 9.08. The maximum absolute atomic E-state index is 13.2. The molecule has 28 heavy (non-hydrogen) atoms. The van der Waals surface area contributed by atoms with Crippen LogP contribution in [-0.4, -0.2) is 42.8 Å². The van der Waals surface area contributed by atoms with E-state index in [2.05, 4.69) is 5.32 Å². The average Bonchev–Trinajstić information content (AvgIpc) is 3.02. The van der Waals surface area contributed by atoms with Gasteiger partial charge in [-0.25, -0.2) is 4.39 Å². The number of nitrogens with one attached hydrogen (secondary N) is 1. The van der Waals surface area contributed by atoms with Gasteiger partial charge in [-0.05, 0) is 30.3 Å². The third-order valence-electron chi connectivity index (χ3n) is 4.48. The number of nitrogens with zero attached hydrogens (tertiary/aromatic N) is 2. The van der Waals surface area contributed by atoms with Crippen molar-refractivity contribution in [3.05, 3.63) is 59.4 Å². The Kier molecular flexibility index (Phi) is 5.94. The van der Waals surface area contributed by atoms with Crippen LogP contribution in [0.5, 0.6) is 0 Å². The molecule has 3 rings (SSSR count). The Morgan fingerprint density at radius 2 is 2.00 bits per heavy atom. The summed E-state index contributed by atoms with van der Waals surface area (Å²) < 4.78 is 13.2. The zero-order valence-electron chi connectivity index (χ0n) is 15.2. The van der Waals surface area contributed by atoms with E-state index in [1.807, 2.05) is 0 Å². The van der Waals surface area contributed by atoms with Crippen LogP contribution in [0.1, 0.15) is 6.42 Å². The van der Waals surface area contributed by atoms with E-state index in [1.165, 1.54) is 35.0 Å². The van der Waals surface area contributed by atoms with Gasteiger partial charge in [-0.3, -0.25) is 14.4 Å². The number of benzene rings is 2. The van der Waals surface area contributed by atoms with Gasteiger partial charge >= 0.3 is 0 Å². The molecule has 146 valence electrons. The molecule has 0 bridgehead atoms. The predicted octanol–water partition coefficient (Wildman–Crippen LogP) is 2.93. The molecule has 0 radical (unpaired) electrons. The molecule has 1 saturated heterocycles. The number of likely N-dealkylation sites (N-methyl/N-ethyl adjacent to an activating group) is 1. The minimum atomic E-state index is -0.559. The van der Waals surface area contributed by atoms with Crippen LogP contribution < -0.4 is 10.2 Å². The monoisotopic (exact) mass is 403 g/mol. The van der Waals surface area contributed by atoms with Crippen LogP contribution in [0.4, 0.5) is 15.8 Å². The van der Waals surface area contributed by atoms with Crippen LogP contribution in [0.15, 0.2) is 48.5 Å². The lowest BCUT2D eigenvalue weighted by molar-refractivity contribution is -0.137. The first-order valence-electron chi connectivity index (χ1n) is 8.70. The van der Waals surface area contributed by atoms with E-state index in [0.29, 0.717) is 16.4 Å². The molecule has 1 heterocycles. The van der Waals surface area contributed by atoms with Gasteiger partial charge in [-0.1, -0.05) is 29.8 Å². The highest BCUT2D eigenvalue weighted by molar-refractivity contribution is 6.33. The second-order valence-electron chi connectivity index (χ2n) is 6.61. The maximum atomic E-state index is 13.2. The normalized spacial score (nSPS) is 16.2. The van der Waals surface area contributed by atoms with E-state index < -0.39 is 17.6 Å². The summed E-state index contributed by atoms with van der Waals surface area (Å²) in [4.78, 5) is 39.9. The van der Waals surface area contributed by atoms with Gasteiger partial charge in [-0.2, -0.15) is 0 Å². The van der Waals surface area contributed by atoms with Crippen molar-refractivity contribution in [1.82, 2.24) is 4.90 Å². The summed E-state index contributed by atoms with van der Waals surface area (Å²) >= 11 is 6.15. The Bertz CT molecular complexity index is 921. The number of hydrogen-bond donors (Lipinski definition) is 1. The fourth-order valence-electron chi connectivity index (χ4n) is 3.15. The van der Waals surface area contributed by atoms with Crippen molar-refractivity contribution in [2.24, 2.45) is 5.92 Å². The molecular formula is C20H19ClFN3O3. The van der Waals surface area contributed by atoms with Crippen molar-refractivity contribution in [3.8, 4) is 0 Å². The minimum absolute atomic E-state index is 0.0555. The lowest BCUT2D eigenvalue weighted by Crippen LogP contribution is -2.39. The van der Waals surface area contributed by atoms with Crippen molar-refractivity contribution >= 4 is 40.7 Å². The Balaban J connectivity index is 1.60. The zero-order chi connectivity index (χ0) is 20.3. The van der Waals surface area contributed by atoms with Crippen LogP contribution in [0.25, 0.3) is 0 Å². The lowest BCUT2D eigenvalue weighted by atomic mass is 10.1. The van der Waals surface area contributed by atoms with Crippen LogP contribution in [0.3, 0.4) is 0 Å². The quantitative estimate of drug-likeness (QED) is 0.834. The molecule has 1 unspecified atom stereocenters. The summed E-state index contributed by atoms with van der Waals surface area (Å²) in [6, 6.07) is 12.4. The summed E-state index contributed by atoms with van der Waals surface area (Å²) in [7, 11) is 1.50. The molecule has 8 heteroatoms. The van der Waals surface area contributed by atoms with E-state index in [-0.39, 0.29) is 31.3 Å². The number of amides is 3. The van der Waals surface area contributed by atoms with E-state index >= 15 is 0 Å². The molecule has 6 nitrogen and oxygen atoms in total. The molecule has 1 N–H and O–H groups in total. The van der Waals surface area contributed by atoms with Gasteiger partial charge in [-0.15, -0.1) is 0 Å². The first kappa shape index (κ1) is 19.8. The third-order valence-corrected chi connectivity index (χ3v) is 4.80.